The number of nitrogens with zero attached hydrogens (tertiary/aromatic N) is 1. The molecule has 0 N–H and O–H groups in total. The summed E-state index contributed by atoms with van der Waals surface area (Å²) in [5.74, 6) is 0. The lowest BCUT2D eigenvalue weighted by Gasteiger charge is -2.26. The van der Waals surface area contributed by atoms with Crippen molar-refractivity contribution < 1.29 is 4.42 Å². The topological polar surface area (TPSA) is 16.4 Å². The van der Waals surface area contributed by atoms with E-state index in [1.165, 1.54) is 64.0 Å². The van der Waals surface area contributed by atoms with E-state index in [0.29, 0.717) is 0 Å². The van der Waals surface area contributed by atoms with Crippen LogP contribution in [-0.2, 0) is 0 Å². The summed E-state index contributed by atoms with van der Waals surface area (Å²) in [5.41, 5.74) is 9.69. The number of thiophene rings is 1. The zero-order valence-electron chi connectivity index (χ0n) is 28.7. The highest BCUT2D eigenvalue weighted by atomic mass is 32.1. The Bertz CT molecular complexity index is 3160. The van der Waals surface area contributed by atoms with Crippen molar-refractivity contribution in [1.82, 2.24) is 0 Å². The second kappa shape index (κ2) is 11.9. The molecule has 53 heavy (non-hydrogen) atoms. The Morgan fingerprint density at radius 1 is 0.377 bits per heavy atom. The molecule has 0 unspecified atom stereocenters. The van der Waals surface area contributed by atoms with Crippen molar-refractivity contribution in [3.8, 4) is 22.3 Å². The molecule has 0 radical (unpaired) electrons. The average Bonchev–Trinajstić information content (AvgIpc) is 3.79. The minimum atomic E-state index is 0.873. The third-order valence-electron chi connectivity index (χ3n) is 10.6. The summed E-state index contributed by atoms with van der Waals surface area (Å²) in [6.45, 7) is 0. The van der Waals surface area contributed by atoms with E-state index in [4.69, 9.17) is 4.42 Å². The van der Waals surface area contributed by atoms with E-state index in [0.717, 1.165) is 39.0 Å². The van der Waals surface area contributed by atoms with Gasteiger partial charge in [-0.25, -0.2) is 0 Å². The predicted molar refractivity (Wildman–Crippen MR) is 227 cm³/mol. The van der Waals surface area contributed by atoms with Gasteiger partial charge in [0.15, 0.2) is 5.58 Å². The van der Waals surface area contributed by atoms with Crippen LogP contribution >= 0.6 is 11.3 Å². The molecule has 3 heteroatoms. The first-order chi connectivity index (χ1) is 26.2. The maximum Gasteiger partial charge on any atom is 0.159 e. The maximum atomic E-state index is 6.59. The number of hydrogen-bond donors (Lipinski definition) is 0. The molecule has 0 spiro atoms. The monoisotopic (exact) mass is 693 g/mol. The zero-order chi connectivity index (χ0) is 34.9. The maximum absolute atomic E-state index is 6.59. The van der Waals surface area contributed by atoms with E-state index in [1.807, 2.05) is 23.5 Å². The third kappa shape index (κ3) is 4.93. The average molecular weight is 694 g/mol. The van der Waals surface area contributed by atoms with Gasteiger partial charge < -0.3 is 9.32 Å². The van der Waals surface area contributed by atoms with E-state index in [1.54, 1.807) is 0 Å². The highest BCUT2D eigenvalue weighted by molar-refractivity contribution is 7.25. The van der Waals surface area contributed by atoms with Crippen LogP contribution in [0.5, 0.6) is 0 Å². The molecule has 2 heterocycles. The molecule has 9 aromatic carbocycles. The largest absolute Gasteiger partial charge is 0.454 e. The molecule has 0 fully saturated rings. The van der Waals surface area contributed by atoms with Crippen LogP contribution in [0.2, 0.25) is 0 Å². The zero-order valence-corrected chi connectivity index (χ0v) is 29.5. The third-order valence-corrected chi connectivity index (χ3v) is 11.8. The summed E-state index contributed by atoms with van der Waals surface area (Å²) in [6.07, 6.45) is 0. The lowest BCUT2D eigenvalue weighted by atomic mass is 9.98. The minimum Gasteiger partial charge on any atom is -0.454 e. The van der Waals surface area contributed by atoms with Crippen LogP contribution in [0.25, 0.3) is 85.9 Å². The molecule has 0 aliphatic rings. The molecule has 0 atom stereocenters. The van der Waals surface area contributed by atoms with Crippen LogP contribution in [0.15, 0.2) is 192 Å². The van der Waals surface area contributed by atoms with Gasteiger partial charge in [-0.1, -0.05) is 127 Å². The summed E-state index contributed by atoms with van der Waals surface area (Å²) in [7, 11) is 0. The fourth-order valence-electron chi connectivity index (χ4n) is 8.05. The van der Waals surface area contributed by atoms with E-state index in [-0.39, 0.29) is 0 Å². The number of anilines is 3. The van der Waals surface area contributed by atoms with Crippen LogP contribution in [0.1, 0.15) is 0 Å². The molecule has 0 bridgehead atoms. The Morgan fingerprint density at radius 2 is 1.04 bits per heavy atom. The van der Waals surface area contributed by atoms with Gasteiger partial charge in [-0.05, 0) is 104 Å². The second-order valence-corrected chi connectivity index (χ2v) is 14.8. The number of hydrogen-bond acceptors (Lipinski definition) is 3. The predicted octanol–water partition coefficient (Wildman–Crippen LogP) is 15.1. The summed E-state index contributed by atoms with van der Waals surface area (Å²) >= 11 is 1.87. The Kier molecular flexibility index (Phi) is 6.76. The SMILES string of the molecule is c1ccc2c(-c3ccc(N(c4ccc(-c5ccc6cc7c(cc6c5)sc5ccccc57)cc4)c4cccc5c4oc4ccccc45)cc3)cccc2c1. The van der Waals surface area contributed by atoms with Crippen molar-refractivity contribution in [2.24, 2.45) is 0 Å². The molecule has 0 aliphatic heterocycles. The van der Waals surface area contributed by atoms with Gasteiger partial charge >= 0.3 is 0 Å². The number of fused-ring (bicyclic) bond motifs is 8. The van der Waals surface area contributed by atoms with Crippen molar-refractivity contribution in [3.05, 3.63) is 188 Å². The quantitative estimate of drug-likeness (QED) is 0.178. The van der Waals surface area contributed by atoms with Crippen molar-refractivity contribution in [2.75, 3.05) is 4.90 Å². The second-order valence-electron chi connectivity index (χ2n) is 13.7. The van der Waals surface area contributed by atoms with Crippen molar-refractivity contribution in [2.45, 2.75) is 0 Å². The van der Waals surface area contributed by atoms with Crippen molar-refractivity contribution >= 4 is 92.1 Å². The van der Waals surface area contributed by atoms with Crippen LogP contribution in [0, 0.1) is 0 Å². The van der Waals surface area contributed by atoms with Crippen LogP contribution < -0.4 is 4.90 Å². The van der Waals surface area contributed by atoms with Gasteiger partial charge in [0.05, 0.1) is 5.69 Å². The van der Waals surface area contributed by atoms with Crippen LogP contribution in [-0.4, -0.2) is 0 Å². The van der Waals surface area contributed by atoms with E-state index in [2.05, 4.69) is 181 Å². The minimum absolute atomic E-state index is 0.873. The van der Waals surface area contributed by atoms with Gasteiger partial charge in [0.25, 0.3) is 0 Å². The van der Waals surface area contributed by atoms with Crippen LogP contribution in [0.4, 0.5) is 17.1 Å². The standard InChI is InChI=1S/C50H31NOS/c1-2-11-40-33(9-1)10-7-14-41(40)34-23-27-39(28-24-34)51(46-16-8-15-44-42-12-3-5-17-47(42)52-50(44)46)38-25-21-32(22-26-38)35-19-20-36-30-45-43-13-4-6-18-48(43)53-49(45)31-37(36)29-35/h1-31H. The molecule has 248 valence electrons. The molecule has 0 aliphatic carbocycles. The first kappa shape index (κ1) is 30.0. The Labute approximate surface area is 310 Å². The number of furan rings is 1. The van der Waals surface area contributed by atoms with Crippen molar-refractivity contribution in [3.63, 3.8) is 0 Å². The molecule has 0 saturated heterocycles. The van der Waals surface area contributed by atoms with Crippen LogP contribution in [0.3, 0.4) is 0 Å². The molecule has 11 rings (SSSR count). The molecule has 2 nitrogen and oxygen atoms in total. The summed E-state index contributed by atoms with van der Waals surface area (Å²) < 4.78 is 9.25. The number of para-hydroxylation sites is 2. The Hall–Kier alpha value is -6.68. The van der Waals surface area contributed by atoms with E-state index in [9.17, 15) is 0 Å². The van der Waals surface area contributed by atoms with Gasteiger partial charge in [0, 0.05) is 42.3 Å². The summed E-state index contributed by atoms with van der Waals surface area (Å²) in [6, 6.07) is 68.0. The molecular weight excluding hydrogens is 663 g/mol. The van der Waals surface area contributed by atoms with E-state index < -0.39 is 0 Å². The van der Waals surface area contributed by atoms with Gasteiger partial charge in [-0.15, -0.1) is 11.3 Å². The highest BCUT2D eigenvalue weighted by Gasteiger charge is 2.20. The smallest absolute Gasteiger partial charge is 0.159 e. The van der Waals surface area contributed by atoms with Gasteiger partial charge in [-0.3, -0.25) is 0 Å². The lowest BCUT2D eigenvalue weighted by molar-refractivity contribution is 0.669. The lowest BCUT2D eigenvalue weighted by Crippen LogP contribution is -2.10. The van der Waals surface area contributed by atoms with Gasteiger partial charge in [0.2, 0.25) is 0 Å². The Morgan fingerprint density at radius 3 is 1.89 bits per heavy atom. The first-order valence-electron chi connectivity index (χ1n) is 18.0. The van der Waals surface area contributed by atoms with E-state index >= 15 is 0 Å². The Balaban J connectivity index is 1.02. The first-order valence-corrected chi connectivity index (χ1v) is 18.8. The van der Waals surface area contributed by atoms with Crippen molar-refractivity contribution in [1.29, 1.82) is 0 Å². The number of benzene rings is 9. The molecule has 0 amide bonds. The summed E-state index contributed by atoms with van der Waals surface area (Å²) in [5, 5.41) is 9.91. The molecule has 11 aromatic rings. The highest BCUT2D eigenvalue weighted by Crippen LogP contribution is 2.44. The fourth-order valence-corrected chi connectivity index (χ4v) is 9.19. The molecule has 0 saturated carbocycles. The summed E-state index contributed by atoms with van der Waals surface area (Å²) in [4.78, 5) is 2.32. The fraction of sp³-hybridized carbons (Fsp3) is 0. The normalized spacial score (nSPS) is 11.8. The molecular formula is C50H31NOS. The van der Waals surface area contributed by atoms with Gasteiger partial charge in [0.1, 0.15) is 5.58 Å². The number of rotatable bonds is 5. The molecule has 2 aromatic heterocycles. The van der Waals surface area contributed by atoms with Gasteiger partial charge in [-0.2, -0.15) is 0 Å².